The Balaban J connectivity index is 2.78. The average Bonchev–Trinajstić information content (AvgIpc) is 2.38. The Morgan fingerprint density at radius 1 is 1.33 bits per heavy atom. The van der Waals surface area contributed by atoms with Gasteiger partial charge in [0.15, 0.2) is 0 Å². The van der Waals surface area contributed by atoms with Crippen LogP contribution in [-0.2, 0) is 0 Å². The third-order valence-corrected chi connectivity index (χ3v) is 2.64. The highest BCUT2D eigenvalue weighted by atomic mass is 16.5. The van der Waals surface area contributed by atoms with Gasteiger partial charge in [0.1, 0.15) is 11.5 Å². The number of urea groups is 1. The quantitative estimate of drug-likeness (QED) is 0.847. The number of carbonyl (C=O) groups is 1. The Morgan fingerprint density at radius 3 is 2.61 bits per heavy atom. The molecule has 2 amide bonds. The fraction of sp³-hybridized carbons (Fsp3) is 0.462. The molecule has 0 heterocycles. The molecule has 1 aromatic rings. The zero-order valence-electron chi connectivity index (χ0n) is 11.2. The van der Waals surface area contributed by atoms with Crippen molar-refractivity contribution in [2.24, 2.45) is 0 Å². The lowest BCUT2D eigenvalue weighted by Crippen LogP contribution is -2.35. The summed E-state index contributed by atoms with van der Waals surface area (Å²) in [5.41, 5.74) is 0.581. The van der Waals surface area contributed by atoms with E-state index in [1.807, 2.05) is 13.8 Å². The smallest absolute Gasteiger partial charge is 0.319 e. The fourth-order valence-corrected chi connectivity index (χ4v) is 1.40. The molecule has 0 aromatic heterocycles. The molecule has 0 saturated heterocycles. The van der Waals surface area contributed by atoms with Crippen molar-refractivity contribution >= 4 is 11.7 Å². The SMILES string of the molecule is CCC(C)NC(=O)Nc1cc(OC)ccc1OC. The van der Waals surface area contributed by atoms with Crippen molar-refractivity contribution in [1.29, 1.82) is 0 Å². The molecule has 0 bridgehead atoms. The third-order valence-electron chi connectivity index (χ3n) is 2.64. The Labute approximate surface area is 107 Å². The number of hydrogen-bond acceptors (Lipinski definition) is 3. The van der Waals surface area contributed by atoms with Gasteiger partial charge < -0.3 is 20.1 Å². The van der Waals surface area contributed by atoms with E-state index in [-0.39, 0.29) is 12.1 Å². The van der Waals surface area contributed by atoms with E-state index in [0.717, 1.165) is 6.42 Å². The molecule has 1 atom stereocenters. The number of nitrogens with one attached hydrogen (secondary N) is 2. The van der Waals surface area contributed by atoms with Crippen molar-refractivity contribution in [2.75, 3.05) is 19.5 Å². The first-order valence-electron chi connectivity index (χ1n) is 5.90. The van der Waals surface area contributed by atoms with E-state index in [9.17, 15) is 4.79 Å². The molecule has 1 aromatic carbocycles. The molecule has 5 heteroatoms. The van der Waals surface area contributed by atoms with Crippen LogP contribution in [0.4, 0.5) is 10.5 Å². The van der Waals surface area contributed by atoms with Gasteiger partial charge in [0.05, 0.1) is 19.9 Å². The van der Waals surface area contributed by atoms with E-state index in [2.05, 4.69) is 10.6 Å². The zero-order valence-corrected chi connectivity index (χ0v) is 11.2. The number of ether oxygens (including phenoxy) is 2. The van der Waals surface area contributed by atoms with E-state index in [1.54, 1.807) is 32.4 Å². The van der Waals surface area contributed by atoms with Crippen LogP contribution >= 0.6 is 0 Å². The number of anilines is 1. The second-order valence-corrected chi connectivity index (χ2v) is 3.97. The molecule has 100 valence electrons. The second kappa shape index (κ2) is 6.74. The molecule has 0 aliphatic carbocycles. The topological polar surface area (TPSA) is 59.6 Å². The maximum absolute atomic E-state index is 11.7. The lowest BCUT2D eigenvalue weighted by Gasteiger charge is -2.15. The molecule has 1 unspecified atom stereocenters. The predicted octanol–water partition coefficient (Wildman–Crippen LogP) is 2.62. The van der Waals surface area contributed by atoms with Crippen LogP contribution in [-0.4, -0.2) is 26.3 Å². The van der Waals surface area contributed by atoms with Crippen LogP contribution in [0.3, 0.4) is 0 Å². The van der Waals surface area contributed by atoms with Gasteiger partial charge in [-0.05, 0) is 25.5 Å². The molecule has 1 rings (SSSR count). The van der Waals surface area contributed by atoms with Crippen LogP contribution in [0.2, 0.25) is 0 Å². The summed E-state index contributed by atoms with van der Waals surface area (Å²) in [6.07, 6.45) is 0.878. The van der Waals surface area contributed by atoms with Crippen molar-refractivity contribution < 1.29 is 14.3 Å². The summed E-state index contributed by atoms with van der Waals surface area (Å²) in [7, 11) is 3.13. The maximum atomic E-state index is 11.7. The number of methoxy groups -OCH3 is 2. The fourth-order valence-electron chi connectivity index (χ4n) is 1.40. The monoisotopic (exact) mass is 252 g/mol. The van der Waals surface area contributed by atoms with Crippen LogP contribution in [0.5, 0.6) is 11.5 Å². The Bertz CT molecular complexity index is 407. The average molecular weight is 252 g/mol. The molecule has 0 aliphatic rings. The van der Waals surface area contributed by atoms with Crippen LogP contribution in [0.1, 0.15) is 20.3 Å². The van der Waals surface area contributed by atoms with Crippen LogP contribution < -0.4 is 20.1 Å². The summed E-state index contributed by atoms with van der Waals surface area (Å²) in [4.78, 5) is 11.7. The van der Waals surface area contributed by atoms with Gasteiger partial charge in [0.25, 0.3) is 0 Å². The van der Waals surface area contributed by atoms with Gasteiger partial charge in [-0.1, -0.05) is 6.92 Å². The van der Waals surface area contributed by atoms with Gasteiger partial charge >= 0.3 is 6.03 Å². The Morgan fingerprint density at radius 2 is 2.06 bits per heavy atom. The van der Waals surface area contributed by atoms with Crippen molar-refractivity contribution in [3.63, 3.8) is 0 Å². The van der Waals surface area contributed by atoms with Crippen LogP contribution in [0, 0.1) is 0 Å². The van der Waals surface area contributed by atoms with Gasteiger partial charge in [-0.15, -0.1) is 0 Å². The van der Waals surface area contributed by atoms with Crippen molar-refractivity contribution in [3.05, 3.63) is 18.2 Å². The minimum atomic E-state index is -0.254. The number of hydrogen-bond donors (Lipinski definition) is 2. The van der Waals surface area contributed by atoms with Gasteiger partial charge in [-0.2, -0.15) is 0 Å². The van der Waals surface area contributed by atoms with Gasteiger partial charge in [-0.3, -0.25) is 0 Å². The summed E-state index contributed by atoms with van der Waals surface area (Å²) < 4.78 is 10.3. The van der Waals surface area contributed by atoms with E-state index >= 15 is 0 Å². The number of benzene rings is 1. The van der Waals surface area contributed by atoms with E-state index in [4.69, 9.17) is 9.47 Å². The minimum absolute atomic E-state index is 0.126. The second-order valence-electron chi connectivity index (χ2n) is 3.97. The Kier molecular flexibility index (Phi) is 5.30. The lowest BCUT2D eigenvalue weighted by atomic mass is 10.2. The molecular weight excluding hydrogens is 232 g/mol. The zero-order chi connectivity index (χ0) is 13.5. The van der Waals surface area contributed by atoms with Gasteiger partial charge in [-0.25, -0.2) is 4.79 Å². The first-order valence-corrected chi connectivity index (χ1v) is 5.90. The molecule has 0 spiro atoms. The van der Waals surface area contributed by atoms with Crippen LogP contribution in [0.25, 0.3) is 0 Å². The van der Waals surface area contributed by atoms with E-state index < -0.39 is 0 Å². The Hall–Kier alpha value is -1.91. The largest absolute Gasteiger partial charge is 0.497 e. The molecule has 0 saturated carbocycles. The molecule has 18 heavy (non-hydrogen) atoms. The summed E-state index contributed by atoms with van der Waals surface area (Å²) in [6.45, 7) is 3.96. The highest BCUT2D eigenvalue weighted by Gasteiger charge is 2.10. The van der Waals surface area contributed by atoms with Gasteiger partial charge in [0.2, 0.25) is 0 Å². The lowest BCUT2D eigenvalue weighted by molar-refractivity contribution is 0.249. The highest BCUT2D eigenvalue weighted by Crippen LogP contribution is 2.28. The predicted molar refractivity (Wildman–Crippen MR) is 71.5 cm³/mol. The van der Waals surface area contributed by atoms with Crippen molar-refractivity contribution in [3.8, 4) is 11.5 Å². The third kappa shape index (κ3) is 3.84. The van der Waals surface area contributed by atoms with Crippen LogP contribution in [0.15, 0.2) is 18.2 Å². The standard InChI is InChI=1S/C13H20N2O3/c1-5-9(2)14-13(16)15-11-8-10(17-3)6-7-12(11)18-4/h6-9H,5H2,1-4H3,(H2,14,15,16). The first-order chi connectivity index (χ1) is 8.60. The highest BCUT2D eigenvalue weighted by molar-refractivity contribution is 5.91. The molecule has 2 N–H and O–H groups in total. The minimum Gasteiger partial charge on any atom is -0.497 e. The molecule has 0 radical (unpaired) electrons. The van der Waals surface area contributed by atoms with E-state index in [1.165, 1.54) is 0 Å². The summed E-state index contributed by atoms with van der Waals surface area (Å²) in [6, 6.07) is 5.11. The summed E-state index contributed by atoms with van der Waals surface area (Å²) in [5.74, 6) is 1.25. The molecular formula is C13H20N2O3. The number of carbonyl (C=O) groups excluding carboxylic acids is 1. The normalized spacial score (nSPS) is 11.6. The molecule has 0 aliphatic heterocycles. The van der Waals surface area contributed by atoms with Crippen molar-refractivity contribution in [2.45, 2.75) is 26.3 Å². The first kappa shape index (κ1) is 14.2. The maximum Gasteiger partial charge on any atom is 0.319 e. The summed E-state index contributed by atoms with van der Waals surface area (Å²) >= 11 is 0. The number of rotatable bonds is 5. The van der Waals surface area contributed by atoms with Gasteiger partial charge in [0, 0.05) is 12.1 Å². The number of amides is 2. The van der Waals surface area contributed by atoms with E-state index in [0.29, 0.717) is 17.2 Å². The summed E-state index contributed by atoms with van der Waals surface area (Å²) in [5, 5.41) is 5.57. The molecule has 5 nitrogen and oxygen atoms in total. The van der Waals surface area contributed by atoms with Crippen molar-refractivity contribution in [1.82, 2.24) is 5.32 Å². The molecule has 0 fully saturated rings.